The summed E-state index contributed by atoms with van der Waals surface area (Å²) in [7, 11) is 0. The smallest absolute Gasteiger partial charge is 0.175 e. The zero-order valence-corrected chi connectivity index (χ0v) is 14.4. The van der Waals surface area contributed by atoms with Gasteiger partial charge in [0, 0.05) is 0 Å². The molecule has 0 radical (unpaired) electrons. The van der Waals surface area contributed by atoms with Crippen LogP contribution < -0.4 is 0 Å². The minimum atomic E-state index is -0.920. The fourth-order valence-electron chi connectivity index (χ4n) is 2.39. The summed E-state index contributed by atoms with van der Waals surface area (Å²) in [4.78, 5) is 11.1. The monoisotopic (exact) mass is 318 g/mol. The van der Waals surface area contributed by atoms with Gasteiger partial charge in [-0.05, 0) is 25.7 Å². The zero-order valence-electron chi connectivity index (χ0n) is 12.9. The summed E-state index contributed by atoms with van der Waals surface area (Å²) in [6.07, 6.45) is 9.49. The highest BCUT2D eigenvalue weighted by atomic mass is 35.5. The van der Waals surface area contributed by atoms with Crippen molar-refractivity contribution in [3.05, 3.63) is 25.3 Å². The first kappa shape index (κ1) is 19.7. The van der Waals surface area contributed by atoms with Crippen LogP contribution in [0.5, 0.6) is 0 Å². The van der Waals surface area contributed by atoms with Gasteiger partial charge < -0.3 is 0 Å². The van der Waals surface area contributed by atoms with E-state index in [4.69, 9.17) is 23.2 Å². The van der Waals surface area contributed by atoms with Crippen LogP contribution in [-0.4, -0.2) is 15.5 Å². The van der Waals surface area contributed by atoms with Gasteiger partial charge in [-0.15, -0.1) is 36.4 Å². The minimum Gasteiger partial charge on any atom is -0.296 e. The van der Waals surface area contributed by atoms with E-state index >= 15 is 0 Å². The van der Waals surface area contributed by atoms with Crippen LogP contribution in [0.1, 0.15) is 65.2 Å². The number of carbonyl (C=O) groups is 1. The molecule has 0 aliphatic rings. The van der Waals surface area contributed by atoms with Gasteiger partial charge in [-0.25, -0.2) is 0 Å². The first-order valence-corrected chi connectivity index (χ1v) is 8.30. The van der Waals surface area contributed by atoms with E-state index in [2.05, 4.69) is 27.0 Å². The van der Waals surface area contributed by atoms with E-state index in [1.54, 1.807) is 12.2 Å². The molecular weight excluding hydrogens is 291 g/mol. The lowest BCUT2D eigenvalue weighted by Crippen LogP contribution is -2.46. The topological polar surface area (TPSA) is 17.1 Å². The summed E-state index contributed by atoms with van der Waals surface area (Å²) >= 11 is 13.3. The molecule has 0 aliphatic heterocycles. The molecule has 2 atom stereocenters. The highest BCUT2D eigenvalue weighted by Crippen LogP contribution is 2.39. The third kappa shape index (κ3) is 5.61. The summed E-state index contributed by atoms with van der Waals surface area (Å²) in [6, 6.07) is 0. The fraction of sp³-hybridized carbons (Fsp3) is 0.706. The van der Waals surface area contributed by atoms with Crippen molar-refractivity contribution in [1.29, 1.82) is 0 Å². The number of hydrogen-bond acceptors (Lipinski definition) is 1. The maximum absolute atomic E-state index is 12.9. The molecule has 0 saturated heterocycles. The van der Waals surface area contributed by atoms with Crippen molar-refractivity contribution in [2.24, 2.45) is 0 Å². The third-order valence-corrected chi connectivity index (χ3v) is 4.63. The van der Waals surface area contributed by atoms with Crippen molar-refractivity contribution in [3.63, 3.8) is 0 Å². The molecule has 0 aromatic heterocycles. The van der Waals surface area contributed by atoms with E-state index < -0.39 is 9.75 Å². The Bertz CT molecular complexity index is 297. The van der Waals surface area contributed by atoms with E-state index in [1.807, 2.05) is 0 Å². The largest absolute Gasteiger partial charge is 0.296 e. The van der Waals surface area contributed by atoms with Crippen molar-refractivity contribution >= 4 is 29.0 Å². The standard InChI is InChI=1S/C17H28Cl2O/c1-5-9-13-16(18,11-7-3)15(20)17(19,12-8-4)14-10-6-2/h7-8H,3-6,9-14H2,1-2H3. The Morgan fingerprint density at radius 3 is 1.55 bits per heavy atom. The van der Waals surface area contributed by atoms with Gasteiger partial charge in [0.05, 0.1) is 0 Å². The van der Waals surface area contributed by atoms with Crippen LogP contribution in [0.25, 0.3) is 0 Å². The second-order valence-electron chi connectivity index (χ2n) is 5.45. The van der Waals surface area contributed by atoms with Gasteiger partial charge in [0.15, 0.2) is 5.78 Å². The van der Waals surface area contributed by atoms with Gasteiger partial charge in [-0.3, -0.25) is 4.79 Å². The van der Waals surface area contributed by atoms with Crippen molar-refractivity contribution in [2.45, 2.75) is 75.0 Å². The Labute approximate surface area is 134 Å². The van der Waals surface area contributed by atoms with Gasteiger partial charge in [-0.1, -0.05) is 51.7 Å². The molecule has 1 nitrogen and oxygen atoms in total. The Balaban J connectivity index is 5.22. The highest BCUT2D eigenvalue weighted by Gasteiger charge is 2.46. The molecule has 0 saturated carbocycles. The number of hydrogen-bond donors (Lipinski definition) is 0. The molecule has 2 unspecified atom stereocenters. The summed E-state index contributed by atoms with van der Waals surface area (Å²) in [5, 5.41) is 0. The minimum absolute atomic E-state index is 0.0602. The Morgan fingerprint density at radius 1 is 0.950 bits per heavy atom. The molecule has 0 rings (SSSR count). The van der Waals surface area contributed by atoms with E-state index in [9.17, 15) is 4.79 Å². The summed E-state index contributed by atoms with van der Waals surface area (Å²) in [5.74, 6) is -0.0602. The molecule has 3 heteroatoms. The SMILES string of the molecule is C=CCC(Cl)(CCCC)C(=O)C(Cl)(CC=C)CCCC. The number of rotatable bonds is 12. The normalized spacial score (nSPS) is 17.0. The second-order valence-corrected chi connectivity index (χ2v) is 6.90. The maximum Gasteiger partial charge on any atom is 0.175 e. The van der Waals surface area contributed by atoms with Crippen LogP contribution in [0.15, 0.2) is 25.3 Å². The van der Waals surface area contributed by atoms with Crippen LogP contribution >= 0.6 is 23.2 Å². The second kappa shape index (κ2) is 9.63. The molecule has 0 aromatic rings. The van der Waals surface area contributed by atoms with Gasteiger partial charge in [0.25, 0.3) is 0 Å². The van der Waals surface area contributed by atoms with Crippen molar-refractivity contribution in [1.82, 2.24) is 0 Å². The Kier molecular flexibility index (Phi) is 9.50. The van der Waals surface area contributed by atoms with Crippen LogP contribution in [0.3, 0.4) is 0 Å². The molecular formula is C17H28Cl2O. The molecule has 0 spiro atoms. The average Bonchev–Trinajstić information content (AvgIpc) is 2.42. The lowest BCUT2D eigenvalue weighted by Gasteiger charge is -2.34. The van der Waals surface area contributed by atoms with E-state index in [-0.39, 0.29) is 5.78 Å². The molecule has 20 heavy (non-hydrogen) atoms. The number of unbranched alkanes of at least 4 members (excludes halogenated alkanes) is 2. The quantitative estimate of drug-likeness (QED) is 0.316. The predicted molar refractivity (Wildman–Crippen MR) is 90.9 cm³/mol. The molecule has 0 heterocycles. The lowest BCUT2D eigenvalue weighted by molar-refractivity contribution is -0.124. The van der Waals surface area contributed by atoms with Crippen LogP contribution in [0, 0.1) is 0 Å². The van der Waals surface area contributed by atoms with Gasteiger partial charge >= 0.3 is 0 Å². The molecule has 0 aliphatic carbocycles. The van der Waals surface area contributed by atoms with E-state index in [1.165, 1.54) is 0 Å². The molecule has 0 amide bonds. The van der Waals surface area contributed by atoms with Crippen molar-refractivity contribution in [2.75, 3.05) is 0 Å². The number of ketones is 1. The van der Waals surface area contributed by atoms with Crippen molar-refractivity contribution in [3.8, 4) is 0 Å². The molecule has 0 aromatic carbocycles. The van der Waals surface area contributed by atoms with E-state index in [0.29, 0.717) is 25.7 Å². The molecule has 0 N–H and O–H groups in total. The molecule has 116 valence electrons. The lowest BCUT2D eigenvalue weighted by atomic mass is 9.81. The summed E-state index contributed by atoms with van der Waals surface area (Å²) < 4.78 is 0. The average molecular weight is 319 g/mol. The molecule has 0 bridgehead atoms. The first-order valence-electron chi connectivity index (χ1n) is 7.54. The van der Waals surface area contributed by atoms with Gasteiger partial charge in [0.2, 0.25) is 0 Å². The highest BCUT2D eigenvalue weighted by molar-refractivity contribution is 6.45. The number of Topliss-reactive ketones (excluding diaryl/α,β-unsaturated/α-hetero) is 1. The maximum atomic E-state index is 12.9. The van der Waals surface area contributed by atoms with Gasteiger partial charge in [0.1, 0.15) is 9.75 Å². The fourth-order valence-corrected chi connectivity index (χ4v) is 3.29. The van der Waals surface area contributed by atoms with Gasteiger partial charge in [-0.2, -0.15) is 0 Å². The Hall–Kier alpha value is -0.270. The number of alkyl halides is 2. The number of carbonyl (C=O) groups excluding carboxylic acids is 1. The van der Waals surface area contributed by atoms with E-state index in [0.717, 1.165) is 25.7 Å². The molecule has 0 fully saturated rings. The number of allylic oxidation sites excluding steroid dienone is 2. The van der Waals surface area contributed by atoms with Crippen LogP contribution in [0.2, 0.25) is 0 Å². The van der Waals surface area contributed by atoms with Crippen LogP contribution in [-0.2, 0) is 4.79 Å². The summed E-state index contributed by atoms with van der Waals surface area (Å²) in [6.45, 7) is 11.6. The Morgan fingerprint density at radius 2 is 1.30 bits per heavy atom. The van der Waals surface area contributed by atoms with Crippen molar-refractivity contribution < 1.29 is 4.79 Å². The predicted octanol–water partition coefficient (Wildman–Crippen LogP) is 6.04. The first-order chi connectivity index (χ1) is 9.40. The number of halogens is 2. The van der Waals surface area contributed by atoms with Crippen LogP contribution in [0.4, 0.5) is 0 Å². The summed E-state index contributed by atoms with van der Waals surface area (Å²) in [5.41, 5.74) is 0. The third-order valence-electron chi connectivity index (χ3n) is 3.60. The zero-order chi connectivity index (χ0) is 15.6.